The van der Waals surface area contributed by atoms with Gasteiger partial charge in [0, 0.05) is 25.9 Å². The summed E-state index contributed by atoms with van der Waals surface area (Å²) in [5.41, 5.74) is 1.03. The van der Waals surface area contributed by atoms with Crippen LogP contribution in [0.5, 0.6) is 0 Å². The molecule has 148 valence electrons. The van der Waals surface area contributed by atoms with Gasteiger partial charge in [-0.1, -0.05) is 41.9 Å². The lowest BCUT2D eigenvalue weighted by Gasteiger charge is -2.14. The molecule has 0 heterocycles. The van der Waals surface area contributed by atoms with Crippen LogP contribution in [-0.2, 0) is 24.3 Å². The molecule has 0 fully saturated rings. The van der Waals surface area contributed by atoms with Gasteiger partial charge in [0.25, 0.3) is 5.91 Å². The lowest BCUT2D eigenvalue weighted by Crippen LogP contribution is -2.23. The van der Waals surface area contributed by atoms with Crippen LogP contribution in [0.25, 0.3) is 6.08 Å². The molecule has 0 unspecified atom stereocenters. The van der Waals surface area contributed by atoms with Gasteiger partial charge in [0.1, 0.15) is 4.90 Å². The second-order valence-corrected chi connectivity index (χ2v) is 8.36. The number of amides is 1. The first-order chi connectivity index (χ1) is 13.2. The number of rotatable bonds is 7. The summed E-state index contributed by atoms with van der Waals surface area (Å²) in [4.78, 5) is 23.5. The number of halogens is 1. The molecule has 0 bridgehead atoms. The van der Waals surface area contributed by atoms with E-state index in [-0.39, 0.29) is 15.6 Å². The highest BCUT2D eigenvalue weighted by molar-refractivity contribution is 7.89. The minimum atomic E-state index is -3.77. The third-order valence-electron chi connectivity index (χ3n) is 3.53. The van der Waals surface area contributed by atoms with Crippen molar-refractivity contribution in [1.82, 2.24) is 4.31 Å². The fourth-order valence-corrected chi connectivity index (χ4v) is 3.48. The van der Waals surface area contributed by atoms with Gasteiger partial charge < -0.3 is 10.1 Å². The Balaban J connectivity index is 1.96. The van der Waals surface area contributed by atoms with Crippen molar-refractivity contribution in [3.8, 4) is 0 Å². The third-order valence-corrected chi connectivity index (χ3v) is 5.83. The van der Waals surface area contributed by atoms with E-state index in [4.69, 9.17) is 16.3 Å². The second kappa shape index (κ2) is 9.50. The largest absolute Gasteiger partial charge is 0.452 e. The molecule has 9 heteroatoms. The first kappa shape index (κ1) is 21.6. The lowest BCUT2D eigenvalue weighted by atomic mass is 10.2. The van der Waals surface area contributed by atoms with Crippen LogP contribution in [0.2, 0.25) is 5.02 Å². The summed E-state index contributed by atoms with van der Waals surface area (Å²) in [6.45, 7) is -0.518. The van der Waals surface area contributed by atoms with Crippen molar-refractivity contribution in [3.63, 3.8) is 0 Å². The molecule has 0 aliphatic carbocycles. The van der Waals surface area contributed by atoms with Crippen LogP contribution in [0.3, 0.4) is 0 Å². The number of esters is 1. The molecule has 1 amide bonds. The molecule has 0 aliphatic rings. The molecule has 0 aromatic heterocycles. The maximum Gasteiger partial charge on any atom is 0.331 e. The molecular formula is C19H19ClN2O5S. The zero-order valence-electron chi connectivity index (χ0n) is 15.3. The summed E-state index contributed by atoms with van der Waals surface area (Å²) in [6.07, 6.45) is 2.78. The highest BCUT2D eigenvalue weighted by atomic mass is 35.5. The highest BCUT2D eigenvalue weighted by Crippen LogP contribution is 2.26. The Morgan fingerprint density at radius 1 is 1.14 bits per heavy atom. The minimum Gasteiger partial charge on any atom is -0.452 e. The van der Waals surface area contributed by atoms with Crippen LogP contribution >= 0.6 is 11.6 Å². The first-order valence-electron chi connectivity index (χ1n) is 8.12. The van der Waals surface area contributed by atoms with E-state index in [2.05, 4.69) is 5.32 Å². The van der Waals surface area contributed by atoms with Crippen molar-refractivity contribution in [2.24, 2.45) is 0 Å². The van der Waals surface area contributed by atoms with E-state index in [1.807, 2.05) is 30.3 Å². The molecule has 0 saturated carbocycles. The van der Waals surface area contributed by atoms with Crippen LogP contribution in [0.4, 0.5) is 5.69 Å². The summed E-state index contributed by atoms with van der Waals surface area (Å²) >= 11 is 5.95. The first-order valence-corrected chi connectivity index (χ1v) is 9.94. The molecule has 28 heavy (non-hydrogen) atoms. The Labute approximate surface area is 168 Å². The highest BCUT2D eigenvalue weighted by Gasteiger charge is 2.21. The fourth-order valence-electron chi connectivity index (χ4n) is 2.09. The Kier molecular flexibility index (Phi) is 7.33. The van der Waals surface area contributed by atoms with Gasteiger partial charge in [-0.3, -0.25) is 4.79 Å². The Morgan fingerprint density at radius 2 is 1.82 bits per heavy atom. The predicted molar refractivity (Wildman–Crippen MR) is 107 cm³/mol. The molecule has 0 atom stereocenters. The van der Waals surface area contributed by atoms with Crippen molar-refractivity contribution in [2.45, 2.75) is 4.90 Å². The third kappa shape index (κ3) is 5.91. The van der Waals surface area contributed by atoms with Crippen molar-refractivity contribution >= 4 is 45.3 Å². The van der Waals surface area contributed by atoms with Gasteiger partial charge in [0.2, 0.25) is 10.0 Å². The smallest absolute Gasteiger partial charge is 0.331 e. The number of carbonyl (C=O) groups excluding carboxylic acids is 2. The van der Waals surface area contributed by atoms with E-state index in [0.717, 1.165) is 9.87 Å². The van der Waals surface area contributed by atoms with E-state index in [0.29, 0.717) is 0 Å². The standard InChI is InChI=1S/C19H19ClN2O5S/c1-22(2)28(25,26)17-12-15(9-10-16(17)20)21-18(23)13-27-19(24)11-8-14-6-4-3-5-7-14/h3-12H,13H2,1-2H3,(H,21,23)/b11-8+. The van der Waals surface area contributed by atoms with Crippen molar-refractivity contribution < 1.29 is 22.7 Å². The Bertz CT molecular complexity index is 989. The molecule has 0 aliphatic heterocycles. The zero-order chi connectivity index (χ0) is 20.7. The number of carbonyl (C=O) groups is 2. The average molecular weight is 423 g/mol. The second-order valence-electron chi connectivity index (χ2n) is 5.83. The number of hydrogen-bond donors (Lipinski definition) is 1. The zero-order valence-corrected chi connectivity index (χ0v) is 16.8. The number of nitrogens with zero attached hydrogens (tertiary/aromatic N) is 1. The maximum absolute atomic E-state index is 12.2. The summed E-state index contributed by atoms with van der Waals surface area (Å²) in [6, 6.07) is 13.2. The molecular weight excluding hydrogens is 404 g/mol. The quantitative estimate of drug-likeness (QED) is 0.547. The molecule has 0 spiro atoms. The summed E-state index contributed by atoms with van der Waals surface area (Å²) in [5, 5.41) is 2.50. The topological polar surface area (TPSA) is 92.8 Å². The molecule has 2 aromatic carbocycles. The van der Waals surface area contributed by atoms with Crippen molar-refractivity contribution in [1.29, 1.82) is 0 Å². The summed E-state index contributed by atoms with van der Waals surface area (Å²) in [5.74, 6) is -1.29. The van der Waals surface area contributed by atoms with E-state index < -0.39 is 28.5 Å². The van der Waals surface area contributed by atoms with Crippen LogP contribution in [0.15, 0.2) is 59.5 Å². The van der Waals surface area contributed by atoms with Gasteiger partial charge in [-0.05, 0) is 29.8 Å². The molecule has 2 aromatic rings. The van der Waals surface area contributed by atoms with Crippen molar-refractivity contribution in [2.75, 3.05) is 26.0 Å². The minimum absolute atomic E-state index is 0.0316. The molecule has 0 saturated heterocycles. The predicted octanol–water partition coefficient (Wildman–Crippen LogP) is 2.79. The van der Waals surface area contributed by atoms with Gasteiger partial charge in [-0.15, -0.1) is 0 Å². The van der Waals surface area contributed by atoms with E-state index >= 15 is 0 Å². The van der Waals surface area contributed by atoms with Crippen LogP contribution < -0.4 is 5.32 Å². The normalized spacial score (nSPS) is 11.6. The summed E-state index contributed by atoms with van der Waals surface area (Å²) in [7, 11) is -1.02. The van der Waals surface area contributed by atoms with E-state index in [9.17, 15) is 18.0 Å². The van der Waals surface area contributed by atoms with Gasteiger partial charge in [-0.2, -0.15) is 0 Å². The van der Waals surface area contributed by atoms with Crippen LogP contribution in [-0.4, -0.2) is 45.3 Å². The Hall–Kier alpha value is -2.68. The molecule has 7 nitrogen and oxygen atoms in total. The number of nitrogens with one attached hydrogen (secondary N) is 1. The van der Waals surface area contributed by atoms with Crippen molar-refractivity contribution in [3.05, 3.63) is 65.2 Å². The van der Waals surface area contributed by atoms with Gasteiger partial charge in [0.05, 0.1) is 5.02 Å². The van der Waals surface area contributed by atoms with E-state index in [1.165, 1.54) is 38.4 Å². The van der Waals surface area contributed by atoms with Crippen LogP contribution in [0, 0.1) is 0 Å². The van der Waals surface area contributed by atoms with Crippen LogP contribution in [0.1, 0.15) is 5.56 Å². The number of hydrogen-bond acceptors (Lipinski definition) is 5. The number of anilines is 1. The van der Waals surface area contributed by atoms with Gasteiger partial charge in [-0.25, -0.2) is 17.5 Å². The monoisotopic (exact) mass is 422 g/mol. The SMILES string of the molecule is CN(C)S(=O)(=O)c1cc(NC(=O)COC(=O)/C=C/c2ccccc2)ccc1Cl. The number of ether oxygens (including phenoxy) is 1. The summed E-state index contributed by atoms with van der Waals surface area (Å²) < 4.78 is 30.4. The van der Waals surface area contributed by atoms with Gasteiger partial charge in [0.15, 0.2) is 6.61 Å². The lowest BCUT2D eigenvalue weighted by molar-refractivity contribution is -0.142. The number of benzene rings is 2. The molecule has 2 rings (SSSR count). The number of sulfonamides is 1. The van der Waals surface area contributed by atoms with Gasteiger partial charge >= 0.3 is 5.97 Å². The molecule has 0 radical (unpaired) electrons. The maximum atomic E-state index is 12.2. The van der Waals surface area contributed by atoms with E-state index in [1.54, 1.807) is 6.08 Å². The molecule has 1 N–H and O–H groups in total. The Morgan fingerprint density at radius 3 is 2.46 bits per heavy atom. The fraction of sp³-hybridized carbons (Fsp3) is 0.158. The average Bonchev–Trinajstić information content (AvgIpc) is 2.66.